The predicted molar refractivity (Wildman–Crippen MR) is 215 cm³/mol. The number of hydrogen-bond acceptors (Lipinski definition) is 6. The zero-order valence-electron chi connectivity index (χ0n) is 33.4. The third kappa shape index (κ3) is 38.4. The highest BCUT2D eigenvalue weighted by atomic mass is 16.6. The van der Waals surface area contributed by atoms with E-state index in [-0.39, 0.29) is 37.5 Å². The fourth-order valence-corrected chi connectivity index (χ4v) is 5.62. The maximum atomic E-state index is 12.6. The minimum absolute atomic E-state index is 0.0957. The van der Waals surface area contributed by atoms with Crippen LogP contribution in [0.3, 0.4) is 0 Å². The molecule has 0 aliphatic heterocycles. The molecular formula is C45H78O6. The molecule has 0 radical (unpaired) electrons. The highest BCUT2D eigenvalue weighted by Crippen LogP contribution is 2.13. The minimum atomic E-state index is -0.797. The second-order valence-corrected chi connectivity index (χ2v) is 13.9. The maximum Gasteiger partial charge on any atom is 0.306 e. The van der Waals surface area contributed by atoms with E-state index in [1.807, 2.05) is 0 Å². The van der Waals surface area contributed by atoms with E-state index in [0.29, 0.717) is 19.3 Å². The molecule has 0 saturated carbocycles. The van der Waals surface area contributed by atoms with E-state index in [9.17, 15) is 14.4 Å². The van der Waals surface area contributed by atoms with Gasteiger partial charge in [0.2, 0.25) is 0 Å². The Labute approximate surface area is 314 Å². The molecule has 0 spiro atoms. The Hall–Kier alpha value is -2.63. The Kier molecular flexibility index (Phi) is 38.1. The van der Waals surface area contributed by atoms with Gasteiger partial charge in [-0.05, 0) is 64.2 Å². The average Bonchev–Trinajstić information content (AvgIpc) is 3.12. The first-order valence-electron chi connectivity index (χ1n) is 21.1. The Bertz CT molecular complexity index is 918. The molecule has 6 heteroatoms. The van der Waals surface area contributed by atoms with Crippen molar-refractivity contribution >= 4 is 17.9 Å². The van der Waals surface area contributed by atoms with Crippen LogP contribution in [-0.2, 0) is 28.6 Å². The van der Waals surface area contributed by atoms with Crippen molar-refractivity contribution in [2.24, 2.45) is 0 Å². The first-order chi connectivity index (χ1) is 25.0. The lowest BCUT2D eigenvalue weighted by atomic mass is 10.0. The lowest BCUT2D eigenvalue weighted by Gasteiger charge is -2.18. The van der Waals surface area contributed by atoms with E-state index < -0.39 is 6.10 Å². The van der Waals surface area contributed by atoms with Gasteiger partial charge in [-0.1, -0.05) is 166 Å². The molecule has 0 amide bonds. The third-order valence-electron chi connectivity index (χ3n) is 8.82. The van der Waals surface area contributed by atoms with Crippen LogP contribution >= 0.6 is 0 Å². The van der Waals surface area contributed by atoms with Crippen LogP contribution in [0.4, 0.5) is 0 Å². The van der Waals surface area contributed by atoms with Crippen LogP contribution in [0, 0.1) is 0 Å². The molecule has 0 fully saturated rings. The van der Waals surface area contributed by atoms with Gasteiger partial charge in [0.15, 0.2) is 6.10 Å². The zero-order valence-corrected chi connectivity index (χ0v) is 33.4. The molecule has 1 unspecified atom stereocenters. The van der Waals surface area contributed by atoms with Crippen LogP contribution in [0.15, 0.2) is 48.6 Å². The van der Waals surface area contributed by atoms with Crippen LogP contribution in [0.2, 0.25) is 0 Å². The Balaban J connectivity index is 4.45. The van der Waals surface area contributed by atoms with Crippen LogP contribution in [0.1, 0.15) is 201 Å². The molecule has 0 bridgehead atoms. The van der Waals surface area contributed by atoms with E-state index in [1.165, 1.54) is 70.6 Å². The van der Waals surface area contributed by atoms with Gasteiger partial charge in [0.05, 0.1) is 0 Å². The first kappa shape index (κ1) is 48.4. The summed E-state index contributed by atoms with van der Waals surface area (Å²) in [7, 11) is 0. The van der Waals surface area contributed by atoms with Gasteiger partial charge in [0, 0.05) is 19.3 Å². The van der Waals surface area contributed by atoms with Crippen molar-refractivity contribution in [3.8, 4) is 0 Å². The van der Waals surface area contributed by atoms with Crippen molar-refractivity contribution in [3.63, 3.8) is 0 Å². The number of hydrogen-bond donors (Lipinski definition) is 0. The molecule has 0 heterocycles. The van der Waals surface area contributed by atoms with Crippen molar-refractivity contribution in [1.82, 2.24) is 0 Å². The van der Waals surface area contributed by atoms with Gasteiger partial charge < -0.3 is 14.2 Å². The summed E-state index contributed by atoms with van der Waals surface area (Å²) >= 11 is 0. The number of esters is 3. The van der Waals surface area contributed by atoms with Gasteiger partial charge in [-0.25, -0.2) is 0 Å². The quantitative estimate of drug-likeness (QED) is 0.0276. The van der Waals surface area contributed by atoms with E-state index in [4.69, 9.17) is 14.2 Å². The van der Waals surface area contributed by atoms with Gasteiger partial charge >= 0.3 is 17.9 Å². The number of rotatable bonds is 37. The topological polar surface area (TPSA) is 78.9 Å². The second kappa shape index (κ2) is 40.1. The predicted octanol–water partition coefficient (Wildman–Crippen LogP) is 13.2. The number of ether oxygens (including phenoxy) is 3. The smallest absolute Gasteiger partial charge is 0.306 e. The molecule has 0 saturated heterocycles. The fraction of sp³-hybridized carbons (Fsp3) is 0.756. The van der Waals surface area contributed by atoms with Crippen LogP contribution in [-0.4, -0.2) is 37.2 Å². The van der Waals surface area contributed by atoms with Gasteiger partial charge in [0.1, 0.15) is 13.2 Å². The molecule has 51 heavy (non-hydrogen) atoms. The monoisotopic (exact) mass is 715 g/mol. The molecule has 0 aromatic carbocycles. The zero-order chi connectivity index (χ0) is 37.3. The molecular weight excluding hydrogens is 636 g/mol. The van der Waals surface area contributed by atoms with Gasteiger partial charge in [-0.3, -0.25) is 14.4 Å². The van der Waals surface area contributed by atoms with E-state index >= 15 is 0 Å². The van der Waals surface area contributed by atoms with Crippen molar-refractivity contribution in [3.05, 3.63) is 48.6 Å². The highest BCUT2D eigenvalue weighted by molar-refractivity contribution is 5.71. The molecule has 1 atom stereocenters. The Morgan fingerprint density at radius 2 is 0.804 bits per heavy atom. The SMILES string of the molecule is CC/C=C\C/C=C\C/C=C\CCCC(=O)OC(COC(=O)CCCCCC/C=C\CCCC)COC(=O)CCCCCCCCCCCCCC. The van der Waals surface area contributed by atoms with Gasteiger partial charge in [-0.15, -0.1) is 0 Å². The summed E-state index contributed by atoms with van der Waals surface area (Å²) in [6.07, 6.45) is 45.3. The summed E-state index contributed by atoms with van der Waals surface area (Å²) in [6, 6.07) is 0. The molecule has 0 aliphatic rings. The van der Waals surface area contributed by atoms with Crippen molar-refractivity contribution < 1.29 is 28.6 Å². The minimum Gasteiger partial charge on any atom is -0.462 e. The average molecular weight is 715 g/mol. The van der Waals surface area contributed by atoms with E-state index in [2.05, 4.69) is 69.4 Å². The van der Waals surface area contributed by atoms with Crippen LogP contribution in [0.25, 0.3) is 0 Å². The van der Waals surface area contributed by atoms with Crippen molar-refractivity contribution in [2.75, 3.05) is 13.2 Å². The summed E-state index contributed by atoms with van der Waals surface area (Å²) in [5.74, 6) is -0.970. The first-order valence-corrected chi connectivity index (χ1v) is 21.1. The number of carbonyl (C=O) groups is 3. The molecule has 6 nitrogen and oxygen atoms in total. The number of unbranched alkanes of at least 4 members (excludes halogenated alkanes) is 18. The highest BCUT2D eigenvalue weighted by Gasteiger charge is 2.19. The second-order valence-electron chi connectivity index (χ2n) is 13.9. The summed E-state index contributed by atoms with van der Waals surface area (Å²) in [5, 5.41) is 0. The largest absolute Gasteiger partial charge is 0.462 e. The number of allylic oxidation sites excluding steroid dienone is 8. The normalized spacial score (nSPS) is 12.5. The molecule has 0 N–H and O–H groups in total. The molecule has 0 aromatic heterocycles. The van der Waals surface area contributed by atoms with Crippen LogP contribution < -0.4 is 0 Å². The maximum absolute atomic E-state index is 12.6. The molecule has 0 aliphatic carbocycles. The number of carbonyl (C=O) groups excluding carboxylic acids is 3. The van der Waals surface area contributed by atoms with E-state index in [1.54, 1.807) is 0 Å². The summed E-state index contributed by atoms with van der Waals surface area (Å²) in [4.78, 5) is 37.5. The van der Waals surface area contributed by atoms with Crippen molar-refractivity contribution in [2.45, 2.75) is 207 Å². The fourth-order valence-electron chi connectivity index (χ4n) is 5.62. The summed E-state index contributed by atoms with van der Waals surface area (Å²) in [6.45, 7) is 6.39. The van der Waals surface area contributed by atoms with Crippen molar-refractivity contribution in [1.29, 1.82) is 0 Å². The Morgan fingerprint density at radius 1 is 0.412 bits per heavy atom. The molecule has 294 valence electrons. The molecule has 0 rings (SSSR count). The van der Waals surface area contributed by atoms with Crippen LogP contribution in [0.5, 0.6) is 0 Å². The van der Waals surface area contributed by atoms with Gasteiger partial charge in [0.25, 0.3) is 0 Å². The summed E-state index contributed by atoms with van der Waals surface area (Å²) < 4.78 is 16.6. The third-order valence-corrected chi connectivity index (χ3v) is 8.82. The van der Waals surface area contributed by atoms with Gasteiger partial charge in [-0.2, -0.15) is 0 Å². The Morgan fingerprint density at radius 3 is 1.33 bits per heavy atom. The lowest BCUT2D eigenvalue weighted by Crippen LogP contribution is -2.30. The molecule has 0 aromatic rings. The standard InChI is InChI=1S/C45H78O6/c1-4-7-10-13-16-19-22-24-26-29-32-35-38-44(47)50-41-42(40-49-43(46)37-34-31-28-25-21-18-15-12-9-6-3)51-45(48)39-36-33-30-27-23-20-17-14-11-8-5-2/h8,11,15,17-18,20,27,30,42H,4-7,9-10,12-14,16,19,21-26,28-29,31-41H2,1-3H3/b11-8-,18-15-,20-17-,30-27-. The summed E-state index contributed by atoms with van der Waals surface area (Å²) in [5.41, 5.74) is 0. The lowest BCUT2D eigenvalue weighted by molar-refractivity contribution is -0.167. The van der Waals surface area contributed by atoms with E-state index in [0.717, 1.165) is 83.5 Å².